The molecular formula is C14H15BrF3N3. The fourth-order valence-corrected chi connectivity index (χ4v) is 2.39. The molecule has 0 unspecified atom stereocenters. The van der Waals surface area contributed by atoms with Crippen molar-refractivity contribution in [2.24, 2.45) is 0 Å². The lowest BCUT2D eigenvalue weighted by Gasteiger charge is -2.16. The van der Waals surface area contributed by atoms with Crippen molar-refractivity contribution in [2.45, 2.75) is 32.6 Å². The Balaban J connectivity index is 2.22. The summed E-state index contributed by atoms with van der Waals surface area (Å²) in [4.78, 5) is 4.03. The molecule has 3 nitrogen and oxygen atoms in total. The molecule has 114 valence electrons. The Labute approximate surface area is 129 Å². The Morgan fingerprint density at radius 1 is 1.33 bits per heavy atom. The first kappa shape index (κ1) is 15.9. The molecule has 0 aliphatic carbocycles. The average Bonchev–Trinajstić information content (AvgIpc) is 2.84. The number of aromatic nitrogens is 2. The highest BCUT2D eigenvalue weighted by Gasteiger charge is 2.33. The number of alkyl halides is 3. The average molecular weight is 362 g/mol. The predicted molar refractivity (Wildman–Crippen MR) is 79.1 cm³/mol. The van der Waals surface area contributed by atoms with Gasteiger partial charge in [0.2, 0.25) is 0 Å². The van der Waals surface area contributed by atoms with Gasteiger partial charge in [0, 0.05) is 22.4 Å². The maximum Gasteiger partial charge on any atom is 0.418 e. The van der Waals surface area contributed by atoms with Crippen LogP contribution in [0.5, 0.6) is 0 Å². The van der Waals surface area contributed by atoms with Crippen molar-refractivity contribution in [3.8, 4) is 0 Å². The second-order valence-corrected chi connectivity index (χ2v) is 5.84. The maximum absolute atomic E-state index is 13.0. The standard InChI is InChI=1S/C14H15BrF3N3/c1-9(2)21-8-19-6-11(21)7-20-13-4-3-10(15)5-12(13)14(16,17)18/h3-6,8-9,20H,7H2,1-2H3. The largest absolute Gasteiger partial charge is 0.418 e. The molecule has 0 aliphatic rings. The van der Waals surface area contributed by atoms with Crippen molar-refractivity contribution in [3.05, 3.63) is 46.5 Å². The van der Waals surface area contributed by atoms with Gasteiger partial charge in [0.25, 0.3) is 0 Å². The second-order valence-electron chi connectivity index (χ2n) is 4.93. The summed E-state index contributed by atoms with van der Waals surface area (Å²) in [6.45, 7) is 4.26. The lowest BCUT2D eigenvalue weighted by atomic mass is 10.1. The van der Waals surface area contributed by atoms with Gasteiger partial charge in [0.1, 0.15) is 0 Å². The monoisotopic (exact) mass is 361 g/mol. The molecule has 21 heavy (non-hydrogen) atoms. The van der Waals surface area contributed by atoms with Crippen LogP contribution in [0.25, 0.3) is 0 Å². The fourth-order valence-electron chi connectivity index (χ4n) is 2.02. The molecule has 0 amide bonds. The number of rotatable bonds is 4. The van der Waals surface area contributed by atoms with Gasteiger partial charge in [-0.1, -0.05) is 15.9 Å². The Kier molecular flexibility index (Phi) is 4.61. The minimum Gasteiger partial charge on any atom is -0.379 e. The van der Waals surface area contributed by atoms with E-state index in [1.54, 1.807) is 18.6 Å². The van der Waals surface area contributed by atoms with E-state index in [0.29, 0.717) is 4.47 Å². The minimum atomic E-state index is -4.40. The quantitative estimate of drug-likeness (QED) is 0.842. The van der Waals surface area contributed by atoms with E-state index in [1.165, 1.54) is 6.07 Å². The first-order valence-electron chi connectivity index (χ1n) is 6.40. The molecule has 0 fully saturated rings. The van der Waals surface area contributed by atoms with Crippen LogP contribution in [0.4, 0.5) is 18.9 Å². The van der Waals surface area contributed by atoms with Crippen LogP contribution in [0.15, 0.2) is 35.2 Å². The highest BCUT2D eigenvalue weighted by Crippen LogP contribution is 2.36. The first-order chi connectivity index (χ1) is 9.79. The molecule has 1 aromatic heterocycles. The van der Waals surface area contributed by atoms with Crippen LogP contribution < -0.4 is 5.32 Å². The molecule has 0 saturated carbocycles. The third kappa shape index (κ3) is 3.78. The van der Waals surface area contributed by atoms with Gasteiger partial charge in [0.15, 0.2) is 0 Å². The zero-order valence-corrected chi connectivity index (χ0v) is 13.2. The van der Waals surface area contributed by atoms with Crippen LogP contribution in [-0.4, -0.2) is 9.55 Å². The molecule has 1 N–H and O–H groups in total. The summed E-state index contributed by atoms with van der Waals surface area (Å²) in [5, 5.41) is 2.84. The van der Waals surface area contributed by atoms with Crippen LogP contribution in [-0.2, 0) is 12.7 Å². The van der Waals surface area contributed by atoms with Gasteiger partial charge in [-0.2, -0.15) is 13.2 Å². The zero-order valence-electron chi connectivity index (χ0n) is 11.6. The van der Waals surface area contributed by atoms with Crippen molar-refractivity contribution in [3.63, 3.8) is 0 Å². The lowest BCUT2D eigenvalue weighted by molar-refractivity contribution is -0.137. The third-order valence-corrected chi connectivity index (χ3v) is 3.54. The highest BCUT2D eigenvalue weighted by molar-refractivity contribution is 9.10. The molecule has 7 heteroatoms. The number of hydrogen-bond donors (Lipinski definition) is 1. The van der Waals surface area contributed by atoms with E-state index in [0.717, 1.165) is 11.8 Å². The van der Waals surface area contributed by atoms with E-state index in [-0.39, 0.29) is 18.3 Å². The Bertz CT molecular complexity index is 620. The van der Waals surface area contributed by atoms with Crippen LogP contribution >= 0.6 is 15.9 Å². The molecular weight excluding hydrogens is 347 g/mol. The molecule has 2 aromatic rings. The van der Waals surface area contributed by atoms with Crippen LogP contribution in [0.2, 0.25) is 0 Å². The molecule has 2 rings (SSSR count). The number of anilines is 1. The number of imidazole rings is 1. The molecule has 1 aromatic carbocycles. The number of nitrogens with one attached hydrogen (secondary N) is 1. The summed E-state index contributed by atoms with van der Waals surface area (Å²) in [6, 6.07) is 4.28. The summed E-state index contributed by atoms with van der Waals surface area (Å²) in [5.74, 6) is 0. The summed E-state index contributed by atoms with van der Waals surface area (Å²) < 4.78 is 41.4. The van der Waals surface area contributed by atoms with E-state index in [4.69, 9.17) is 0 Å². The normalized spacial score (nSPS) is 12.0. The topological polar surface area (TPSA) is 29.9 Å². The van der Waals surface area contributed by atoms with Crippen molar-refractivity contribution in [1.29, 1.82) is 0 Å². The number of nitrogens with zero attached hydrogens (tertiary/aromatic N) is 2. The molecule has 0 saturated heterocycles. The van der Waals surface area contributed by atoms with Crippen molar-refractivity contribution in [2.75, 3.05) is 5.32 Å². The number of hydrogen-bond acceptors (Lipinski definition) is 2. The van der Waals surface area contributed by atoms with Gasteiger partial charge in [-0.3, -0.25) is 0 Å². The van der Waals surface area contributed by atoms with Gasteiger partial charge < -0.3 is 9.88 Å². The van der Waals surface area contributed by atoms with Crippen LogP contribution in [0.3, 0.4) is 0 Å². The van der Waals surface area contributed by atoms with Gasteiger partial charge in [-0.25, -0.2) is 4.98 Å². The van der Waals surface area contributed by atoms with Crippen molar-refractivity contribution in [1.82, 2.24) is 9.55 Å². The Morgan fingerprint density at radius 2 is 2.05 bits per heavy atom. The van der Waals surface area contributed by atoms with Gasteiger partial charge in [-0.15, -0.1) is 0 Å². The number of halogens is 4. The number of benzene rings is 1. The van der Waals surface area contributed by atoms with Crippen molar-refractivity contribution >= 4 is 21.6 Å². The molecule has 0 aliphatic heterocycles. The third-order valence-electron chi connectivity index (χ3n) is 3.05. The first-order valence-corrected chi connectivity index (χ1v) is 7.19. The van der Waals surface area contributed by atoms with Crippen LogP contribution in [0.1, 0.15) is 31.1 Å². The summed E-state index contributed by atoms with van der Waals surface area (Å²) in [5.41, 5.74) is 0.204. The maximum atomic E-state index is 13.0. The SMILES string of the molecule is CC(C)n1cncc1CNc1ccc(Br)cc1C(F)(F)F. The van der Waals surface area contributed by atoms with E-state index < -0.39 is 11.7 Å². The lowest BCUT2D eigenvalue weighted by Crippen LogP contribution is -2.13. The Morgan fingerprint density at radius 3 is 2.67 bits per heavy atom. The molecule has 0 bridgehead atoms. The molecule has 0 radical (unpaired) electrons. The summed E-state index contributed by atoms with van der Waals surface area (Å²) in [6.07, 6.45) is -1.07. The van der Waals surface area contributed by atoms with E-state index in [2.05, 4.69) is 26.2 Å². The van der Waals surface area contributed by atoms with E-state index in [9.17, 15) is 13.2 Å². The van der Waals surface area contributed by atoms with Crippen molar-refractivity contribution < 1.29 is 13.2 Å². The Hall–Kier alpha value is -1.50. The summed E-state index contributed by atoms with van der Waals surface area (Å²) in [7, 11) is 0. The van der Waals surface area contributed by atoms with Gasteiger partial charge in [-0.05, 0) is 32.0 Å². The second kappa shape index (κ2) is 6.09. The summed E-state index contributed by atoms with van der Waals surface area (Å²) >= 11 is 3.07. The fraction of sp³-hybridized carbons (Fsp3) is 0.357. The minimum absolute atomic E-state index is 0.0576. The van der Waals surface area contributed by atoms with Gasteiger partial charge in [0.05, 0.1) is 24.1 Å². The molecule has 1 heterocycles. The zero-order chi connectivity index (χ0) is 15.6. The molecule has 0 spiro atoms. The highest BCUT2D eigenvalue weighted by atomic mass is 79.9. The van der Waals surface area contributed by atoms with Gasteiger partial charge >= 0.3 is 6.18 Å². The predicted octanol–water partition coefficient (Wildman–Crippen LogP) is 4.86. The van der Waals surface area contributed by atoms with E-state index >= 15 is 0 Å². The van der Waals surface area contributed by atoms with E-state index in [1.807, 2.05) is 18.4 Å². The smallest absolute Gasteiger partial charge is 0.379 e. The van der Waals surface area contributed by atoms with Crippen LogP contribution in [0, 0.1) is 0 Å². The molecule has 0 atom stereocenters.